The lowest BCUT2D eigenvalue weighted by Gasteiger charge is -2.24. The predicted molar refractivity (Wildman–Crippen MR) is 79.9 cm³/mol. The number of hydrogen-bond acceptors (Lipinski definition) is 3. The second-order valence-corrected chi connectivity index (χ2v) is 5.52. The second kappa shape index (κ2) is 6.50. The van der Waals surface area contributed by atoms with E-state index in [0.717, 1.165) is 29.4 Å². The van der Waals surface area contributed by atoms with Gasteiger partial charge in [0.2, 0.25) is 0 Å². The van der Waals surface area contributed by atoms with Gasteiger partial charge in [0.25, 0.3) is 0 Å². The van der Waals surface area contributed by atoms with Crippen LogP contribution in [0.3, 0.4) is 0 Å². The van der Waals surface area contributed by atoms with Gasteiger partial charge in [-0.05, 0) is 20.4 Å². The fraction of sp³-hybridized carbons (Fsp3) is 0.667. The summed E-state index contributed by atoms with van der Waals surface area (Å²) in [4.78, 5) is 2.72. The fourth-order valence-corrected chi connectivity index (χ4v) is 2.43. The first kappa shape index (κ1) is 15.4. The molecule has 1 unspecified atom stereocenters. The summed E-state index contributed by atoms with van der Waals surface area (Å²) in [5.74, 6) is 0. The summed E-state index contributed by atoms with van der Waals surface area (Å²) in [5, 5.41) is 5.18. The van der Waals surface area contributed by atoms with Gasteiger partial charge in [-0.15, -0.1) is 0 Å². The van der Waals surface area contributed by atoms with E-state index in [9.17, 15) is 0 Å². The van der Waals surface area contributed by atoms with Crippen molar-refractivity contribution in [3.05, 3.63) is 16.4 Å². The Balaban J connectivity index is 2.78. The van der Waals surface area contributed by atoms with Crippen molar-refractivity contribution < 1.29 is 0 Å². The van der Waals surface area contributed by atoms with Crippen molar-refractivity contribution in [3.63, 3.8) is 0 Å². The van der Waals surface area contributed by atoms with E-state index in [1.165, 1.54) is 0 Å². The molecule has 1 aromatic rings. The monoisotopic (exact) mass is 288 g/mol. The Bertz CT molecular complexity index is 430. The molecule has 18 heavy (non-hydrogen) atoms. The molecule has 0 saturated heterocycles. The van der Waals surface area contributed by atoms with Gasteiger partial charge in [0.15, 0.2) is 0 Å². The lowest BCUT2D eigenvalue weighted by Crippen LogP contribution is -2.32. The summed E-state index contributed by atoms with van der Waals surface area (Å²) in [5.41, 5.74) is 7.55. The van der Waals surface area contributed by atoms with Crippen molar-refractivity contribution >= 4 is 28.8 Å². The number of halogens is 1. The standard InChI is InChI=1S/C12H21ClN4S/c1-5-9-12(13)10(17(4)15-9)7-16(3)8(2)6-11(14)18/h8H,5-7H2,1-4H3,(H2,14,18). The molecule has 0 radical (unpaired) electrons. The third-order valence-corrected chi connectivity index (χ3v) is 3.75. The lowest BCUT2D eigenvalue weighted by molar-refractivity contribution is 0.249. The van der Waals surface area contributed by atoms with Crippen LogP contribution >= 0.6 is 23.8 Å². The normalized spacial score (nSPS) is 13.0. The number of hydrogen-bond donors (Lipinski definition) is 1. The molecule has 1 rings (SSSR count). The molecule has 0 fully saturated rings. The number of thiocarbonyl (C=S) groups is 1. The molecule has 0 amide bonds. The van der Waals surface area contributed by atoms with Crippen LogP contribution in [-0.4, -0.2) is 32.8 Å². The summed E-state index contributed by atoms with van der Waals surface area (Å²) < 4.78 is 1.85. The topological polar surface area (TPSA) is 47.1 Å². The average molecular weight is 289 g/mol. The summed E-state index contributed by atoms with van der Waals surface area (Å²) in [6.07, 6.45) is 1.56. The molecule has 4 nitrogen and oxygen atoms in total. The van der Waals surface area contributed by atoms with Gasteiger partial charge >= 0.3 is 0 Å². The van der Waals surface area contributed by atoms with Gasteiger partial charge in [0, 0.05) is 26.1 Å². The third kappa shape index (κ3) is 3.67. The van der Waals surface area contributed by atoms with Gasteiger partial charge in [-0.1, -0.05) is 30.7 Å². The van der Waals surface area contributed by atoms with Crippen molar-refractivity contribution in [2.45, 2.75) is 39.3 Å². The van der Waals surface area contributed by atoms with Crippen LogP contribution < -0.4 is 5.73 Å². The molecule has 0 spiro atoms. The lowest BCUT2D eigenvalue weighted by atomic mass is 10.2. The van der Waals surface area contributed by atoms with E-state index in [2.05, 4.69) is 23.8 Å². The van der Waals surface area contributed by atoms with E-state index in [-0.39, 0.29) is 0 Å². The Morgan fingerprint density at radius 2 is 2.22 bits per heavy atom. The zero-order valence-electron chi connectivity index (χ0n) is 11.4. The molecule has 1 heterocycles. The molecule has 0 aliphatic carbocycles. The highest BCUT2D eigenvalue weighted by molar-refractivity contribution is 7.80. The molecular weight excluding hydrogens is 268 g/mol. The van der Waals surface area contributed by atoms with Crippen LogP contribution in [0.5, 0.6) is 0 Å². The number of aryl methyl sites for hydroxylation is 2. The van der Waals surface area contributed by atoms with Crippen LogP contribution in [0.25, 0.3) is 0 Å². The highest BCUT2D eigenvalue weighted by Gasteiger charge is 2.17. The van der Waals surface area contributed by atoms with Crippen LogP contribution in [0, 0.1) is 0 Å². The van der Waals surface area contributed by atoms with E-state index < -0.39 is 0 Å². The number of aromatic nitrogens is 2. The fourth-order valence-electron chi connectivity index (χ4n) is 1.83. The van der Waals surface area contributed by atoms with Crippen molar-refractivity contribution in [1.82, 2.24) is 14.7 Å². The minimum Gasteiger partial charge on any atom is -0.393 e. The van der Waals surface area contributed by atoms with E-state index in [1.54, 1.807) is 0 Å². The smallest absolute Gasteiger partial charge is 0.0863 e. The zero-order chi connectivity index (χ0) is 13.9. The molecule has 0 bridgehead atoms. The van der Waals surface area contributed by atoms with E-state index in [4.69, 9.17) is 29.6 Å². The Hall–Kier alpha value is -0.650. The minimum atomic E-state index is 0.290. The van der Waals surface area contributed by atoms with E-state index in [0.29, 0.717) is 17.5 Å². The summed E-state index contributed by atoms with van der Waals surface area (Å²) >= 11 is 11.3. The maximum atomic E-state index is 6.32. The molecule has 0 aromatic carbocycles. The quantitative estimate of drug-likeness (QED) is 0.815. The van der Waals surface area contributed by atoms with Crippen molar-refractivity contribution in [2.75, 3.05) is 7.05 Å². The second-order valence-electron chi connectivity index (χ2n) is 4.62. The first-order valence-electron chi connectivity index (χ1n) is 6.05. The Morgan fingerprint density at radius 3 is 2.67 bits per heavy atom. The molecule has 6 heteroatoms. The Kier molecular flexibility index (Phi) is 5.56. The molecule has 1 atom stereocenters. The molecule has 1 aromatic heterocycles. The molecule has 0 aliphatic heterocycles. The average Bonchev–Trinajstić information content (AvgIpc) is 2.55. The van der Waals surface area contributed by atoms with Gasteiger partial charge < -0.3 is 5.73 Å². The molecule has 2 N–H and O–H groups in total. The van der Waals surface area contributed by atoms with Crippen LogP contribution in [0.1, 0.15) is 31.7 Å². The van der Waals surface area contributed by atoms with Crippen LogP contribution in [0.4, 0.5) is 0 Å². The summed E-state index contributed by atoms with van der Waals surface area (Å²) in [7, 11) is 3.96. The van der Waals surface area contributed by atoms with Crippen molar-refractivity contribution in [2.24, 2.45) is 12.8 Å². The third-order valence-electron chi connectivity index (χ3n) is 3.15. The SMILES string of the molecule is CCc1nn(C)c(CN(C)C(C)CC(N)=S)c1Cl. The Morgan fingerprint density at radius 1 is 1.61 bits per heavy atom. The molecule has 0 saturated carbocycles. The van der Waals surface area contributed by atoms with E-state index >= 15 is 0 Å². The van der Waals surface area contributed by atoms with Crippen molar-refractivity contribution in [1.29, 1.82) is 0 Å². The minimum absolute atomic E-state index is 0.290. The van der Waals surface area contributed by atoms with Gasteiger partial charge in [-0.2, -0.15) is 5.10 Å². The maximum absolute atomic E-state index is 6.32. The summed E-state index contributed by atoms with van der Waals surface area (Å²) in [6.45, 7) is 4.90. The largest absolute Gasteiger partial charge is 0.393 e. The Labute approximate surface area is 119 Å². The van der Waals surface area contributed by atoms with Crippen molar-refractivity contribution in [3.8, 4) is 0 Å². The number of rotatable bonds is 6. The van der Waals surface area contributed by atoms with Gasteiger partial charge in [0.05, 0.1) is 21.4 Å². The highest BCUT2D eigenvalue weighted by atomic mass is 35.5. The summed E-state index contributed by atoms with van der Waals surface area (Å²) in [6, 6.07) is 0.290. The number of nitrogens with two attached hydrogens (primary N) is 1. The van der Waals surface area contributed by atoms with Crippen LogP contribution in [0.15, 0.2) is 0 Å². The first-order valence-corrected chi connectivity index (χ1v) is 6.84. The molecule has 0 aliphatic rings. The molecular formula is C12H21ClN4S. The van der Waals surface area contributed by atoms with Gasteiger partial charge in [-0.3, -0.25) is 9.58 Å². The number of nitrogens with zero attached hydrogens (tertiary/aromatic N) is 3. The van der Waals surface area contributed by atoms with Crippen LogP contribution in [0.2, 0.25) is 5.02 Å². The first-order chi connectivity index (χ1) is 8.36. The molecule has 102 valence electrons. The van der Waals surface area contributed by atoms with Gasteiger partial charge in [-0.25, -0.2) is 0 Å². The van der Waals surface area contributed by atoms with E-state index in [1.807, 2.05) is 18.8 Å². The predicted octanol–water partition coefficient (Wildman–Crippen LogP) is 2.13. The maximum Gasteiger partial charge on any atom is 0.0863 e. The van der Waals surface area contributed by atoms with Gasteiger partial charge in [0.1, 0.15) is 0 Å². The van der Waals surface area contributed by atoms with Crippen LogP contribution in [-0.2, 0) is 20.0 Å². The highest BCUT2D eigenvalue weighted by Crippen LogP contribution is 2.22. The zero-order valence-corrected chi connectivity index (χ0v) is 13.0.